The maximum absolute atomic E-state index is 12.2. The third kappa shape index (κ3) is 9.25. The van der Waals surface area contributed by atoms with Crippen LogP contribution in [0, 0.1) is 0 Å². The number of aromatic hydroxyl groups is 7. The summed E-state index contributed by atoms with van der Waals surface area (Å²) in [6.07, 6.45) is 15.5. The van der Waals surface area contributed by atoms with Crippen LogP contribution in [-0.2, 0) is 30.3 Å². The lowest BCUT2D eigenvalue weighted by Crippen LogP contribution is -2.28. The fourth-order valence-electron chi connectivity index (χ4n) is 13.4. The second-order valence-electron chi connectivity index (χ2n) is 22.1. The van der Waals surface area contributed by atoms with Gasteiger partial charge >= 0.3 is 0 Å². The van der Waals surface area contributed by atoms with Crippen LogP contribution >= 0.6 is 15.9 Å². The van der Waals surface area contributed by atoms with Gasteiger partial charge in [0.15, 0.2) is 34.5 Å². The van der Waals surface area contributed by atoms with E-state index in [9.17, 15) is 40.9 Å². The zero-order valence-electron chi connectivity index (χ0n) is 46.7. The average molecular weight is 1200 g/mol. The highest BCUT2D eigenvalue weighted by Crippen LogP contribution is 2.55. The zero-order valence-corrected chi connectivity index (χ0v) is 48.3. The molecule has 0 amide bonds. The first-order valence-electron chi connectivity index (χ1n) is 28.5. The van der Waals surface area contributed by atoms with E-state index in [4.69, 9.17) is 0 Å². The summed E-state index contributed by atoms with van der Waals surface area (Å²) in [5, 5.41) is 86.9. The summed E-state index contributed by atoms with van der Waals surface area (Å²) < 4.78 is 0.877. The van der Waals surface area contributed by atoms with Crippen LogP contribution in [0.15, 0.2) is 229 Å². The highest BCUT2D eigenvalue weighted by atomic mass is 79.9. The van der Waals surface area contributed by atoms with Crippen molar-refractivity contribution in [1.29, 1.82) is 0 Å². The van der Waals surface area contributed by atoms with Crippen LogP contribution in [0.25, 0.3) is 49.4 Å². The quantitative estimate of drug-likeness (QED) is 0.0592. The number of aliphatic hydroxyl groups is 1. The molecule has 15 rings (SSSR count). The lowest BCUT2D eigenvalue weighted by molar-refractivity contribution is 0.146. The van der Waals surface area contributed by atoms with E-state index < -0.39 is 34.0 Å². The Labute approximate surface area is 504 Å². The molecule has 3 aliphatic carbocycles. The van der Waals surface area contributed by atoms with Crippen molar-refractivity contribution in [3.05, 3.63) is 296 Å². The molecular weight excluding hydrogens is 1140 g/mol. The van der Waals surface area contributed by atoms with Crippen LogP contribution in [0.3, 0.4) is 0 Å². The Bertz CT molecular complexity index is 4670. The number of H-pyrrole nitrogens is 3. The lowest BCUT2D eigenvalue weighted by Gasteiger charge is -2.36. The number of fused-ring (bicyclic) bond motifs is 6. The number of halogens is 1. The maximum atomic E-state index is 12.2. The topological polar surface area (TPSA) is 209 Å². The number of allylic oxidation sites excluding steroid dienone is 5. The molecule has 3 aromatic heterocycles. The van der Waals surface area contributed by atoms with Crippen molar-refractivity contribution in [2.24, 2.45) is 0 Å². The molecule has 0 saturated heterocycles. The van der Waals surface area contributed by atoms with E-state index >= 15 is 0 Å². The number of aromatic amines is 3. The summed E-state index contributed by atoms with van der Waals surface area (Å²) in [7, 11) is 0. The van der Waals surface area contributed by atoms with Crippen LogP contribution in [0.1, 0.15) is 86.0 Å². The van der Waals surface area contributed by atoms with Crippen molar-refractivity contribution in [3.8, 4) is 40.2 Å². The summed E-state index contributed by atoms with van der Waals surface area (Å²) in [5.41, 5.74) is 15.6. The van der Waals surface area contributed by atoms with E-state index in [1.165, 1.54) is 50.9 Å². The zero-order chi connectivity index (χ0) is 59.4. The molecule has 11 nitrogen and oxygen atoms in total. The molecule has 0 fully saturated rings. The number of benzene rings is 9. The van der Waals surface area contributed by atoms with Crippen molar-refractivity contribution in [1.82, 2.24) is 15.0 Å². The Morgan fingerprint density at radius 2 is 0.872 bits per heavy atom. The number of rotatable bonds is 10. The van der Waals surface area contributed by atoms with Crippen molar-refractivity contribution >= 4 is 65.4 Å². The van der Waals surface area contributed by atoms with Gasteiger partial charge in [-0.2, -0.15) is 0 Å². The summed E-state index contributed by atoms with van der Waals surface area (Å²) in [4.78, 5) is 9.97. The minimum absolute atomic E-state index is 0.0297. The molecule has 9 aromatic carbocycles. The molecule has 12 aromatic rings. The van der Waals surface area contributed by atoms with Crippen LogP contribution in [0.2, 0.25) is 0 Å². The Morgan fingerprint density at radius 1 is 0.430 bits per heavy atom. The summed E-state index contributed by atoms with van der Waals surface area (Å²) in [6.45, 7) is 2.12. The average Bonchev–Trinajstić information content (AvgIpc) is 1.54. The molecule has 3 aliphatic rings. The molecule has 3 atom stereocenters. The van der Waals surface area contributed by atoms with E-state index in [1.807, 2.05) is 109 Å². The van der Waals surface area contributed by atoms with E-state index in [2.05, 4.69) is 117 Å². The smallest absolute Gasteiger partial charge is 0.200 e. The van der Waals surface area contributed by atoms with Crippen LogP contribution in [0.5, 0.6) is 40.2 Å². The van der Waals surface area contributed by atoms with E-state index in [0.29, 0.717) is 29.7 Å². The monoisotopic (exact) mass is 1200 g/mol. The Kier molecular flexibility index (Phi) is 14.2. The highest BCUT2D eigenvalue weighted by Gasteiger charge is 2.44. The minimum Gasteiger partial charge on any atom is -0.508 e. The molecule has 0 radical (unpaired) electrons. The van der Waals surface area contributed by atoms with Gasteiger partial charge in [-0.25, -0.2) is 0 Å². The third-order valence-corrected chi connectivity index (χ3v) is 18.0. The Balaban J connectivity index is 0.000000120. The largest absolute Gasteiger partial charge is 0.508 e. The van der Waals surface area contributed by atoms with Gasteiger partial charge < -0.3 is 55.8 Å². The first-order valence-corrected chi connectivity index (χ1v) is 29.3. The molecule has 12 heteroatoms. The number of aromatic nitrogens is 3. The number of hydrogen-bond acceptors (Lipinski definition) is 8. The summed E-state index contributed by atoms with van der Waals surface area (Å²) >= 11 is 3.46. The number of phenolic OH excluding ortho intramolecular Hbond substituents is 7. The van der Waals surface area contributed by atoms with Gasteiger partial charge in [0.2, 0.25) is 0 Å². The van der Waals surface area contributed by atoms with Gasteiger partial charge in [0, 0.05) is 83.8 Å². The third-order valence-electron chi connectivity index (χ3n) is 17.5. The van der Waals surface area contributed by atoms with E-state index in [0.717, 1.165) is 78.0 Å². The molecule has 0 bridgehead atoms. The van der Waals surface area contributed by atoms with Gasteiger partial charge in [-0.05, 0) is 147 Å². The predicted octanol–water partition coefficient (Wildman–Crippen LogP) is 16.2. The minimum atomic E-state index is -1.66. The van der Waals surface area contributed by atoms with Crippen LogP contribution in [-0.4, -0.2) is 55.8 Å². The van der Waals surface area contributed by atoms with Gasteiger partial charge in [0.25, 0.3) is 0 Å². The first-order chi connectivity index (χ1) is 41.8. The predicted molar refractivity (Wildman–Crippen MR) is 344 cm³/mol. The Hall–Kier alpha value is -10.1. The molecule has 86 heavy (non-hydrogen) atoms. The first kappa shape index (κ1) is 55.1. The van der Waals surface area contributed by atoms with Gasteiger partial charge in [-0.3, -0.25) is 0 Å². The van der Waals surface area contributed by atoms with Crippen molar-refractivity contribution in [2.75, 3.05) is 0 Å². The second kappa shape index (κ2) is 22.1. The fourth-order valence-corrected chi connectivity index (χ4v) is 13.8. The van der Waals surface area contributed by atoms with Gasteiger partial charge in [-0.1, -0.05) is 175 Å². The molecule has 0 spiro atoms. The second-order valence-corrected chi connectivity index (χ2v) is 23.0. The standard InChI is InChI=1S/C26H23NO3.C24H18BrNO.C24H19NO4/c1-2-26(17-13-23(28)25(30)24(29)14-17,20-12-11-16-7-3-4-8-18(16)20)21-15-27-22-10-6-5-9-19(21)22;25-16-10-12-20(23(27)13-16)24(19-11-9-15-5-1-2-6-17(15)19)21-14-26-22-8-4-3-7-18(21)22;26-21-11-15(12-22(27)23(21)28)24(29,18-10-9-14-5-1-2-6-16(14)18)19-13-25-20-8-4-3-7-17(19)20/h3-10,12-15,27-30H,2,11H2,1H3;1-8,10-14,24,26-27H,9H2;1-8,10-13,25-29H,9H2. The molecule has 426 valence electrons. The molecule has 11 N–H and O–H groups in total. The summed E-state index contributed by atoms with van der Waals surface area (Å²) in [5.74, 6) is -2.47. The SMILES string of the molecule is CCC(C1=CCc2ccccc21)(c1cc(O)c(O)c(O)c1)c1c[nH]c2ccccc12.Oc1cc(Br)ccc1C(C1=CCc2ccccc21)c1c[nH]c2ccccc12.Oc1cc(C(O)(C2=CCc3ccccc32)c2c[nH]c3ccccc23)cc(O)c1O. The van der Waals surface area contributed by atoms with Gasteiger partial charge in [-0.15, -0.1) is 0 Å². The number of nitrogens with one attached hydrogen (secondary N) is 3. The van der Waals surface area contributed by atoms with Crippen molar-refractivity contribution in [3.63, 3.8) is 0 Å². The van der Waals surface area contributed by atoms with Gasteiger partial charge in [0.05, 0.1) is 0 Å². The molecule has 0 saturated carbocycles. The Morgan fingerprint density at radius 3 is 1.45 bits per heavy atom. The van der Waals surface area contributed by atoms with E-state index in [1.54, 1.807) is 24.4 Å². The van der Waals surface area contributed by atoms with Crippen molar-refractivity contribution in [2.45, 2.75) is 49.5 Å². The van der Waals surface area contributed by atoms with E-state index in [-0.39, 0.29) is 23.0 Å². The van der Waals surface area contributed by atoms with Gasteiger partial charge in [0.1, 0.15) is 11.4 Å². The normalized spacial score (nSPS) is 14.8. The number of phenols is 7. The fraction of sp³-hybridized carbons (Fsp3) is 0.108. The molecule has 3 heterocycles. The molecule has 0 aliphatic heterocycles. The van der Waals surface area contributed by atoms with Crippen molar-refractivity contribution < 1.29 is 40.9 Å². The van der Waals surface area contributed by atoms with Crippen LogP contribution in [0.4, 0.5) is 0 Å². The van der Waals surface area contributed by atoms with Crippen LogP contribution < -0.4 is 0 Å². The highest BCUT2D eigenvalue weighted by molar-refractivity contribution is 9.10. The molecule has 3 unspecified atom stereocenters. The summed E-state index contributed by atoms with van der Waals surface area (Å²) in [6, 6.07) is 60.4. The number of hydrogen-bond donors (Lipinski definition) is 11. The number of para-hydroxylation sites is 3. The lowest BCUT2D eigenvalue weighted by atomic mass is 9.65. The maximum Gasteiger partial charge on any atom is 0.200 e. The molecular formula is C74H60BrN3O8.